The minimum Gasteiger partial charge on any atom is -0.493 e. The standard InChI is InChI=1S/C20H22N4O4/c1-13-10-19(24-28-13)23-18-12-15(7-9-21-18)20(25)22-8-6-14-4-5-16(26-2)17(11-14)27-3/h4-5,7,9-12H,6,8H2,1-3H3,(H,22,25)(H,21,23,24). The minimum absolute atomic E-state index is 0.178. The summed E-state index contributed by atoms with van der Waals surface area (Å²) in [6.45, 7) is 2.29. The van der Waals surface area contributed by atoms with Crippen molar-refractivity contribution in [1.29, 1.82) is 0 Å². The predicted molar refractivity (Wildman–Crippen MR) is 104 cm³/mol. The summed E-state index contributed by atoms with van der Waals surface area (Å²) in [6.07, 6.45) is 2.24. The van der Waals surface area contributed by atoms with Crippen molar-refractivity contribution < 1.29 is 18.8 Å². The number of hydrogen-bond donors (Lipinski definition) is 2. The van der Waals surface area contributed by atoms with Crippen molar-refractivity contribution in [3.8, 4) is 11.5 Å². The summed E-state index contributed by atoms with van der Waals surface area (Å²) in [6, 6.07) is 10.8. The molecular weight excluding hydrogens is 360 g/mol. The van der Waals surface area contributed by atoms with Crippen molar-refractivity contribution in [2.24, 2.45) is 0 Å². The van der Waals surface area contributed by atoms with E-state index in [-0.39, 0.29) is 5.91 Å². The third kappa shape index (κ3) is 4.79. The predicted octanol–water partition coefficient (Wildman–Crippen LogP) is 3.11. The summed E-state index contributed by atoms with van der Waals surface area (Å²) in [5.41, 5.74) is 1.54. The number of carbonyl (C=O) groups is 1. The highest BCUT2D eigenvalue weighted by Gasteiger charge is 2.09. The Kier molecular flexibility index (Phi) is 6.11. The average molecular weight is 382 g/mol. The van der Waals surface area contributed by atoms with Crippen LogP contribution in [0.25, 0.3) is 0 Å². The number of ether oxygens (including phenoxy) is 2. The Morgan fingerprint density at radius 2 is 1.89 bits per heavy atom. The fraction of sp³-hybridized carbons (Fsp3) is 0.250. The first-order valence-corrected chi connectivity index (χ1v) is 8.74. The van der Waals surface area contributed by atoms with Gasteiger partial charge in [-0.3, -0.25) is 4.79 Å². The largest absolute Gasteiger partial charge is 0.493 e. The SMILES string of the molecule is COc1ccc(CCNC(=O)c2ccnc(Nc3cc(C)on3)c2)cc1OC. The van der Waals surface area contributed by atoms with Gasteiger partial charge in [0.2, 0.25) is 0 Å². The Morgan fingerprint density at radius 3 is 2.61 bits per heavy atom. The van der Waals surface area contributed by atoms with Crippen LogP contribution in [0.1, 0.15) is 21.7 Å². The smallest absolute Gasteiger partial charge is 0.251 e. The molecule has 8 heteroatoms. The maximum Gasteiger partial charge on any atom is 0.251 e. The molecule has 0 atom stereocenters. The zero-order valence-corrected chi connectivity index (χ0v) is 16.0. The van der Waals surface area contributed by atoms with Crippen molar-refractivity contribution in [2.45, 2.75) is 13.3 Å². The number of amides is 1. The third-order valence-corrected chi connectivity index (χ3v) is 4.05. The lowest BCUT2D eigenvalue weighted by Crippen LogP contribution is -2.25. The van der Waals surface area contributed by atoms with Crippen LogP contribution in [0.15, 0.2) is 47.1 Å². The highest BCUT2D eigenvalue weighted by molar-refractivity contribution is 5.94. The molecule has 0 aliphatic carbocycles. The van der Waals surface area contributed by atoms with Crippen LogP contribution in [0, 0.1) is 6.92 Å². The quantitative estimate of drug-likeness (QED) is 0.618. The van der Waals surface area contributed by atoms with Crippen molar-refractivity contribution in [2.75, 3.05) is 26.1 Å². The molecule has 146 valence electrons. The number of nitrogens with zero attached hydrogens (tertiary/aromatic N) is 2. The summed E-state index contributed by atoms with van der Waals surface area (Å²) >= 11 is 0. The van der Waals surface area contributed by atoms with E-state index in [0.29, 0.717) is 47.4 Å². The normalized spacial score (nSPS) is 10.4. The second kappa shape index (κ2) is 8.90. The van der Waals surface area contributed by atoms with Gasteiger partial charge in [-0.15, -0.1) is 0 Å². The molecule has 2 N–H and O–H groups in total. The van der Waals surface area contributed by atoms with E-state index in [1.54, 1.807) is 45.5 Å². The molecule has 0 saturated heterocycles. The topological polar surface area (TPSA) is 98.5 Å². The Morgan fingerprint density at radius 1 is 1.07 bits per heavy atom. The molecule has 2 heterocycles. The average Bonchev–Trinajstić information content (AvgIpc) is 3.12. The number of benzene rings is 1. The highest BCUT2D eigenvalue weighted by atomic mass is 16.5. The summed E-state index contributed by atoms with van der Waals surface area (Å²) in [4.78, 5) is 16.6. The number of aryl methyl sites for hydroxylation is 1. The van der Waals surface area contributed by atoms with Crippen LogP contribution < -0.4 is 20.1 Å². The van der Waals surface area contributed by atoms with Gasteiger partial charge in [-0.05, 0) is 43.2 Å². The van der Waals surface area contributed by atoms with E-state index < -0.39 is 0 Å². The Labute approximate surface area is 162 Å². The second-order valence-corrected chi connectivity index (χ2v) is 6.07. The fourth-order valence-corrected chi connectivity index (χ4v) is 2.66. The summed E-state index contributed by atoms with van der Waals surface area (Å²) in [5.74, 6) is 2.90. The zero-order chi connectivity index (χ0) is 19.9. The van der Waals surface area contributed by atoms with Gasteiger partial charge in [0.15, 0.2) is 17.3 Å². The van der Waals surface area contributed by atoms with E-state index >= 15 is 0 Å². The van der Waals surface area contributed by atoms with Gasteiger partial charge < -0.3 is 24.6 Å². The van der Waals surface area contributed by atoms with E-state index in [1.165, 1.54) is 0 Å². The van der Waals surface area contributed by atoms with Gasteiger partial charge in [-0.2, -0.15) is 0 Å². The van der Waals surface area contributed by atoms with E-state index in [1.807, 2.05) is 18.2 Å². The summed E-state index contributed by atoms with van der Waals surface area (Å²) in [7, 11) is 3.19. The lowest BCUT2D eigenvalue weighted by Gasteiger charge is -2.10. The van der Waals surface area contributed by atoms with Gasteiger partial charge >= 0.3 is 0 Å². The molecule has 3 aromatic rings. The molecule has 3 rings (SSSR count). The van der Waals surface area contributed by atoms with Crippen LogP contribution in [-0.4, -0.2) is 36.8 Å². The number of carbonyl (C=O) groups excluding carboxylic acids is 1. The molecule has 0 radical (unpaired) electrons. The van der Waals surface area contributed by atoms with Gasteiger partial charge in [0.05, 0.1) is 14.2 Å². The zero-order valence-electron chi connectivity index (χ0n) is 16.0. The number of methoxy groups -OCH3 is 2. The van der Waals surface area contributed by atoms with Crippen molar-refractivity contribution in [1.82, 2.24) is 15.5 Å². The van der Waals surface area contributed by atoms with E-state index in [2.05, 4.69) is 20.8 Å². The van der Waals surface area contributed by atoms with Gasteiger partial charge in [-0.25, -0.2) is 4.98 Å². The lowest BCUT2D eigenvalue weighted by atomic mass is 10.1. The van der Waals surface area contributed by atoms with Gasteiger partial charge in [0.1, 0.15) is 11.6 Å². The molecule has 0 bridgehead atoms. The molecule has 0 aliphatic heterocycles. The van der Waals surface area contributed by atoms with E-state index in [0.717, 1.165) is 5.56 Å². The van der Waals surface area contributed by atoms with Crippen LogP contribution in [0.3, 0.4) is 0 Å². The van der Waals surface area contributed by atoms with Crippen LogP contribution in [0.5, 0.6) is 11.5 Å². The van der Waals surface area contributed by atoms with Crippen LogP contribution in [-0.2, 0) is 6.42 Å². The molecule has 1 amide bonds. The highest BCUT2D eigenvalue weighted by Crippen LogP contribution is 2.27. The van der Waals surface area contributed by atoms with Crippen molar-refractivity contribution in [3.63, 3.8) is 0 Å². The Hall–Kier alpha value is -3.55. The number of rotatable bonds is 8. The molecule has 0 fully saturated rings. The van der Waals surface area contributed by atoms with Crippen molar-refractivity contribution >= 4 is 17.5 Å². The van der Waals surface area contributed by atoms with Gasteiger partial charge in [0.25, 0.3) is 5.91 Å². The first kappa shape index (κ1) is 19.2. The fourth-order valence-electron chi connectivity index (χ4n) is 2.66. The van der Waals surface area contributed by atoms with Crippen LogP contribution in [0.4, 0.5) is 11.6 Å². The number of pyridine rings is 1. The molecule has 8 nitrogen and oxygen atoms in total. The number of aromatic nitrogens is 2. The molecule has 2 aromatic heterocycles. The Balaban J connectivity index is 1.57. The molecule has 1 aromatic carbocycles. The maximum absolute atomic E-state index is 12.4. The molecular formula is C20H22N4O4. The minimum atomic E-state index is -0.178. The lowest BCUT2D eigenvalue weighted by molar-refractivity contribution is 0.0954. The number of anilines is 2. The first-order chi connectivity index (χ1) is 13.6. The molecule has 0 spiro atoms. The van der Waals surface area contributed by atoms with Gasteiger partial charge in [0, 0.05) is 24.4 Å². The van der Waals surface area contributed by atoms with Crippen LogP contribution >= 0.6 is 0 Å². The third-order valence-electron chi connectivity index (χ3n) is 4.05. The number of hydrogen-bond acceptors (Lipinski definition) is 7. The van der Waals surface area contributed by atoms with Gasteiger partial charge in [-0.1, -0.05) is 11.2 Å². The van der Waals surface area contributed by atoms with Crippen molar-refractivity contribution in [3.05, 3.63) is 59.5 Å². The van der Waals surface area contributed by atoms with E-state index in [9.17, 15) is 4.79 Å². The summed E-state index contributed by atoms with van der Waals surface area (Å²) in [5, 5.41) is 9.76. The van der Waals surface area contributed by atoms with E-state index in [4.69, 9.17) is 14.0 Å². The number of nitrogens with one attached hydrogen (secondary N) is 2. The van der Waals surface area contributed by atoms with Crippen LogP contribution in [0.2, 0.25) is 0 Å². The molecule has 0 unspecified atom stereocenters. The first-order valence-electron chi connectivity index (χ1n) is 8.74. The molecule has 28 heavy (non-hydrogen) atoms. The maximum atomic E-state index is 12.4. The Bertz CT molecular complexity index is 955. The second-order valence-electron chi connectivity index (χ2n) is 6.07. The monoisotopic (exact) mass is 382 g/mol. The molecule has 0 saturated carbocycles. The summed E-state index contributed by atoms with van der Waals surface area (Å²) < 4.78 is 15.5. The molecule has 0 aliphatic rings.